The third kappa shape index (κ3) is 2.58. The highest BCUT2D eigenvalue weighted by Crippen LogP contribution is 2.23. The van der Waals surface area contributed by atoms with E-state index in [9.17, 15) is 13.2 Å². The van der Waals surface area contributed by atoms with Gasteiger partial charge >= 0.3 is 0 Å². The summed E-state index contributed by atoms with van der Waals surface area (Å²) in [6.07, 6.45) is 5.20. The van der Waals surface area contributed by atoms with Crippen molar-refractivity contribution in [2.24, 2.45) is 0 Å². The van der Waals surface area contributed by atoms with E-state index in [1.165, 1.54) is 30.9 Å². The van der Waals surface area contributed by atoms with Gasteiger partial charge in [-0.25, -0.2) is 13.1 Å². The first-order valence-electron chi connectivity index (χ1n) is 7.56. The fourth-order valence-corrected chi connectivity index (χ4v) is 3.91. The molecule has 4 rings (SSSR count). The fraction of sp³-hybridized carbons (Fsp3) is 0.133. The van der Waals surface area contributed by atoms with Crippen LogP contribution in [-0.4, -0.2) is 43.6 Å². The van der Waals surface area contributed by atoms with Crippen LogP contribution in [0.5, 0.6) is 0 Å². The second-order valence-electron chi connectivity index (χ2n) is 5.67. The lowest BCUT2D eigenvalue weighted by molar-refractivity contribution is 0.569. The normalized spacial score (nSPS) is 11.9. The highest BCUT2D eigenvalue weighted by atomic mass is 32.2. The molecule has 26 heavy (non-hydrogen) atoms. The number of hydrogen-bond acceptors (Lipinski definition) is 7. The lowest BCUT2D eigenvalue weighted by atomic mass is 10.2. The van der Waals surface area contributed by atoms with Crippen LogP contribution in [-0.2, 0) is 16.4 Å². The number of rotatable bonds is 4. The first kappa shape index (κ1) is 16.1. The number of H-pyrrole nitrogens is 2. The molecule has 0 aromatic carbocycles. The molecule has 0 saturated carbocycles. The van der Waals surface area contributed by atoms with Gasteiger partial charge in [-0.1, -0.05) is 0 Å². The molecule has 0 fully saturated rings. The number of sulfone groups is 1. The average Bonchev–Trinajstić information content (AvgIpc) is 3.29. The Balaban J connectivity index is 1.98. The van der Waals surface area contributed by atoms with Gasteiger partial charge in [0, 0.05) is 29.7 Å². The Kier molecular flexibility index (Phi) is 3.65. The highest BCUT2D eigenvalue weighted by Gasteiger charge is 2.26. The molecule has 0 saturated heterocycles. The maximum absolute atomic E-state index is 12.9. The first-order chi connectivity index (χ1) is 12.5. The number of aromatic amines is 2. The molecule has 0 aliphatic heterocycles. The summed E-state index contributed by atoms with van der Waals surface area (Å²) in [5, 5.41) is 17.3. The molecule has 0 aliphatic carbocycles. The largest absolute Gasteiger partial charge is 0.284 e. The molecule has 0 bridgehead atoms. The summed E-state index contributed by atoms with van der Waals surface area (Å²) in [5.41, 5.74) is 0.939. The van der Waals surface area contributed by atoms with Crippen LogP contribution in [0.25, 0.3) is 10.8 Å². The van der Waals surface area contributed by atoms with E-state index in [2.05, 4.69) is 30.5 Å². The molecule has 0 atom stereocenters. The zero-order valence-corrected chi connectivity index (χ0v) is 14.4. The van der Waals surface area contributed by atoms with Crippen molar-refractivity contribution < 1.29 is 8.42 Å². The fourth-order valence-electron chi connectivity index (χ4n) is 2.61. The summed E-state index contributed by atoms with van der Waals surface area (Å²) in [6.45, 7) is 1.85. The van der Waals surface area contributed by atoms with Crippen molar-refractivity contribution in [2.75, 3.05) is 0 Å². The summed E-state index contributed by atoms with van der Waals surface area (Å²) < 4.78 is 27.0. The van der Waals surface area contributed by atoms with E-state index >= 15 is 0 Å². The Labute approximate surface area is 146 Å². The SMILES string of the molecule is Cc1cc(Cn2nc(S(=O)(=O)c3cn[nH]c3)c3ccncc3c2=O)n[nH]1. The van der Waals surface area contributed by atoms with E-state index in [-0.39, 0.29) is 27.2 Å². The molecule has 10 nitrogen and oxygen atoms in total. The van der Waals surface area contributed by atoms with Crippen molar-refractivity contribution in [2.45, 2.75) is 23.4 Å². The molecule has 11 heteroatoms. The maximum atomic E-state index is 12.9. The van der Waals surface area contributed by atoms with Crippen LogP contribution in [0.15, 0.2) is 51.6 Å². The molecule has 0 unspecified atom stereocenters. The van der Waals surface area contributed by atoms with E-state index in [0.29, 0.717) is 5.69 Å². The number of nitrogens with zero attached hydrogens (tertiary/aromatic N) is 5. The van der Waals surface area contributed by atoms with Crippen molar-refractivity contribution in [1.82, 2.24) is 35.2 Å². The van der Waals surface area contributed by atoms with Crippen LogP contribution < -0.4 is 5.56 Å². The van der Waals surface area contributed by atoms with Gasteiger partial charge in [-0.15, -0.1) is 0 Å². The number of nitrogens with one attached hydrogen (secondary N) is 2. The van der Waals surface area contributed by atoms with Crippen molar-refractivity contribution in [3.63, 3.8) is 0 Å². The van der Waals surface area contributed by atoms with Crippen molar-refractivity contribution in [3.05, 3.63) is 58.7 Å². The number of pyridine rings is 1. The minimum Gasteiger partial charge on any atom is -0.284 e. The van der Waals surface area contributed by atoms with Gasteiger partial charge in [0.05, 0.1) is 23.8 Å². The van der Waals surface area contributed by atoms with Crippen molar-refractivity contribution >= 4 is 20.6 Å². The molecule has 0 radical (unpaired) electrons. The molecule has 4 heterocycles. The van der Waals surface area contributed by atoms with Crippen LogP contribution in [0.2, 0.25) is 0 Å². The van der Waals surface area contributed by atoms with E-state index in [1.54, 1.807) is 6.07 Å². The standard InChI is InChI=1S/C15H13N7O3S/c1-9-4-10(20-19-9)8-22-15(23)13-7-16-3-2-12(13)14(21-22)26(24,25)11-5-17-18-6-11/h2-7H,8H2,1H3,(H,17,18)(H,19,20). The number of fused-ring (bicyclic) bond motifs is 1. The predicted molar refractivity (Wildman–Crippen MR) is 90.3 cm³/mol. The lowest BCUT2D eigenvalue weighted by Gasteiger charge is -2.09. The predicted octanol–water partition coefficient (Wildman–Crippen LogP) is 0.427. The van der Waals surface area contributed by atoms with Gasteiger partial charge in [-0.3, -0.25) is 20.0 Å². The van der Waals surface area contributed by atoms with Crippen LogP contribution >= 0.6 is 0 Å². The van der Waals surface area contributed by atoms with Gasteiger partial charge in [-0.05, 0) is 19.1 Å². The van der Waals surface area contributed by atoms with Crippen molar-refractivity contribution in [3.8, 4) is 0 Å². The zero-order valence-electron chi connectivity index (χ0n) is 13.5. The lowest BCUT2D eigenvalue weighted by Crippen LogP contribution is -2.26. The van der Waals surface area contributed by atoms with Gasteiger partial charge in [0.2, 0.25) is 9.84 Å². The topological polar surface area (TPSA) is 139 Å². The molecule has 0 aliphatic rings. The molecule has 0 amide bonds. The van der Waals surface area contributed by atoms with Crippen LogP contribution in [0.3, 0.4) is 0 Å². The Morgan fingerprint density at radius 2 is 2.08 bits per heavy atom. The van der Waals surface area contributed by atoms with Crippen LogP contribution in [0.1, 0.15) is 11.4 Å². The smallest absolute Gasteiger partial charge is 0.276 e. The molecular formula is C15H13N7O3S. The summed E-state index contributed by atoms with van der Waals surface area (Å²) in [6, 6.07) is 3.21. The third-order valence-electron chi connectivity index (χ3n) is 3.84. The number of aryl methyl sites for hydroxylation is 1. The second-order valence-corrected chi connectivity index (χ2v) is 7.53. The summed E-state index contributed by atoms with van der Waals surface area (Å²) in [5.74, 6) is 0. The van der Waals surface area contributed by atoms with E-state index in [1.807, 2.05) is 6.92 Å². The van der Waals surface area contributed by atoms with Crippen LogP contribution in [0.4, 0.5) is 0 Å². The molecule has 4 aromatic heterocycles. The van der Waals surface area contributed by atoms with Gasteiger partial charge in [0.25, 0.3) is 5.56 Å². The average molecular weight is 371 g/mol. The molecule has 0 spiro atoms. The molecule has 4 aromatic rings. The second kappa shape index (κ2) is 5.88. The Morgan fingerprint density at radius 1 is 1.23 bits per heavy atom. The molecular weight excluding hydrogens is 358 g/mol. The van der Waals surface area contributed by atoms with Gasteiger partial charge in [0.1, 0.15) is 4.90 Å². The highest BCUT2D eigenvalue weighted by molar-refractivity contribution is 7.91. The quantitative estimate of drug-likeness (QED) is 0.530. The molecule has 132 valence electrons. The number of aromatic nitrogens is 7. The van der Waals surface area contributed by atoms with Crippen molar-refractivity contribution in [1.29, 1.82) is 0 Å². The summed E-state index contributed by atoms with van der Waals surface area (Å²) >= 11 is 0. The minimum atomic E-state index is -3.97. The minimum absolute atomic E-state index is 0.0297. The van der Waals surface area contributed by atoms with E-state index in [0.717, 1.165) is 10.4 Å². The first-order valence-corrected chi connectivity index (χ1v) is 9.05. The van der Waals surface area contributed by atoms with Gasteiger partial charge in [-0.2, -0.15) is 15.3 Å². The Bertz CT molecular complexity index is 1260. The monoisotopic (exact) mass is 371 g/mol. The summed E-state index contributed by atoms with van der Waals surface area (Å²) in [7, 11) is -3.97. The van der Waals surface area contributed by atoms with Crippen LogP contribution in [0, 0.1) is 6.92 Å². The van der Waals surface area contributed by atoms with E-state index in [4.69, 9.17) is 0 Å². The maximum Gasteiger partial charge on any atom is 0.276 e. The third-order valence-corrected chi connectivity index (χ3v) is 5.49. The Hall–Kier alpha value is -3.34. The molecule has 2 N–H and O–H groups in total. The number of hydrogen-bond donors (Lipinski definition) is 2. The van der Waals surface area contributed by atoms with E-state index < -0.39 is 15.4 Å². The Morgan fingerprint density at radius 3 is 2.77 bits per heavy atom. The van der Waals surface area contributed by atoms with Gasteiger partial charge < -0.3 is 0 Å². The van der Waals surface area contributed by atoms with Gasteiger partial charge in [0.15, 0.2) is 5.03 Å². The summed E-state index contributed by atoms with van der Waals surface area (Å²) in [4.78, 5) is 16.6. The zero-order chi connectivity index (χ0) is 18.3.